The molecule has 1 fully saturated rings. The Hall–Kier alpha value is -3.94. The van der Waals surface area contributed by atoms with E-state index in [0.717, 1.165) is 0 Å². The van der Waals surface area contributed by atoms with Gasteiger partial charge in [-0.25, -0.2) is 4.39 Å². The van der Waals surface area contributed by atoms with Crippen molar-refractivity contribution in [1.29, 1.82) is 0 Å². The van der Waals surface area contributed by atoms with E-state index in [2.05, 4.69) is 5.16 Å². The summed E-state index contributed by atoms with van der Waals surface area (Å²) in [4.78, 5) is 27.2. The Morgan fingerprint density at radius 3 is 2.34 bits per heavy atom. The zero-order valence-corrected chi connectivity index (χ0v) is 17.7. The van der Waals surface area contributed by atoms with E-state index in [4.69, 9.17) is 9.26 Å². The molecular formula is C24H21FN2O5. The zero-order valence-electron chi connectivity index (χ0n) is 17.7. The van der Waals surface area contributed by atoms with Crippen LogP contribution in [0.2, 0.25) is 0 Å². The number of carbonyl (C=O) groups excluding carboxylic acids is 2. The number of aryl methyl sites for hydroxylation is 1. The van der Waals surface area contributed by atoms with Crippen molar-refractivity contribution in [3.8, 4) is 5.75 Å². The average Bonchev–Trinajstić information content (AvgIpc) is 3.29. The zero-order chi connectivity index (χ0) is 23.0. The van der Waals surface area contributed by atoms with Crippen LogP contribution in [0.15, 0.2) is 64.7 Å². The minimum atomic E-state index is -0.961. The number of hydrogen-bond acceptors (Lipinski definition) is 6. The lowest BCUT2D eigenvalue weighted by molar-refractivity contribution is -0.132. The van der Waals surface area contributed by atoms with Gasteiger partial charge in [0, 0.05) is 11.6 Å². The Kier molecular flexibility index (Phi) is 5.52. The number of benzene rings is 2. The fourth-order valence-electron chi connectivity index (χ4n) is 3.62. The first-order chi connectivity index (χ1) is 15.3. The summed E-state index contributed by atoms with van der Waals surface area (Å²) in [5.74, 6) is -1.39. The molecule has 1 aliphatic rings. The molecule has 32 heavy (non-hydrogen) atoms. The van der Waals surface area contributed by atoms with Crippen LogP contribution in [0, 0.1) is 12.7 Å². The molecule has 164 valence electrons. The molecule has 4 rings (SSSR count). The second-order valence-corrected chi connectivity index (χ2v) is 7.71. The number of anilines is 1. The van der Waals surface area contributed by atoms with Crippen LogP contribution < -0.4 is 9.64 Å². The maximum absolute atomic E-state index is 13.4. The van der Waals surface area contributed by atoms with Gasteiger partial charge in [-0.3, -0.25) is 14.5 Å². The number of Topliss-reactive ketones (excluding diaryl/α,β-unsaturated/α-hetero) is 1. The second kappa shape index (κ2) is 8.30. The maximum Gasteiger partial charge on any atom is 0.301 e. The maximum atomic E-state index is 13.4. The Bertz CT molecular complexity index is 1200. The first-order valence-corrected chi connectivity index (χ1v) is 10.0. The van der Waals surface area contributed by atoms with Crippen molar-refractivity contribution in [3.63, 3.8) is 0 Å². The highest BCUT2D eigenvalue weighted by Gasteiger charge is 2.48. The van der Waals surface area contributed by atoms with Crippen LogP contribution in [0.5, 0.6) is 5.75 Å². The summed E-state index contributed by atoms with van der Waals surface area (Å²) < 4.78 is 24.1. The number of rotatable bonds is 5. The van der Waals surface area contributed by atoms with Gasteiger partial charge >= 0.3 is 5.91 Å². The summed E-state index contributed by atoms with van der Waals surface area (Å²) in [6.07, 6.45) is -0.0249. The van der Waals surface area contributed by atoms with Crippen molar-refractivity contribution in [2.75, 3.05) is 4.90 Å². The van der Waals surface area contributed by atoms with Crippen LogP contribution in [-0.2, 0) is 9.59 Å². The van der Waals surface area contributed by atoms with Gasteiger partial charge in [0.15, 0.2) is 5.82 Å². The summed E-state index contributed by atoms with van der Waals surface area (Å²) in [5.41, 5.74) is 0.648. The molecule has 0 aliphatic carbocycles. The molecule has 1 saturated heterocycles. The second-order valence-electron chi connectivity index (χ2n) is 7.71. The number of halogens is 1. The van der Waals surface area contributed by atoms with Gasteiger partial charge in [0.2, 0.25) is 0 Å². The van der Waals surface area contributed by atoms with Crippen LogP contribution in [0.1, 0.15) is 36.8 Å². The van der Waals surface area contributed by atoms with Gasteiger partial charge in [-0.1, -0.05) is 17.3 Å². The van der Waals surface area contributed by atoms with Crippen LogP contribution in [-0.4, -0.2) is 28.1 Å². The van der Waals surface area contributed by atoms with Crippen molar-refractivity contribution in [3.05, 3.63) is 82.9 Å². The molecule has 3 aromatic rings. The molecule has 7 nitrogen and oxygen atoms in total. The smallest absolute Gasteiger partial charge is 0.301 e. The van der Waals surface area contributed by atoms with E-state index in [0.29, 0.717) is 17.1 Å². The highest BCUT2D eigenvalue weighted by molar-refractivity contribution is 6.51. The summed E-state index contributed by atoms with van der Waals surface area (Å²) in [5, 5.41) is 14.9. The third-order valence-corrected chi connectivity index (χ3v) is 4.99. The first kappa shape index (κ1) is 21.3. The van der Waals surface area contributed by atoms with Gasteiger partial charge in [0.25, 0.3) is 5.78 Å². The lowest BCUT2D eigenvalue weighted by atomic mass is 9.95. The van der Waals surface area contributed by atoms with Gasteiger partial charge in [0.05, 0.1) is 17.7 Å². The highest BCUT2D eigenvalue weighted by Crippen LogP contribution is 2.42. The summed E-state index contributed by atoms with van der Waals surface area (Å²) in [6.45, 7) is 5.47. The van der Waals surface area contributed by atoms with Gasteiger partial charge in [-0.2, -0.15) is 0 Å². The fraction of sp³-hybridized carbons (Fsp3) is 0.208. The molecule has 0 unspecified atom stereocenters. The number of hydrogen-bond donors (Lipinski definition) is 1. The number of aliphatic hydroxyl groups excluding tert-OH is 1. The standard InChI is InChI=1S/C24H21FN2O5/c1-13(2)31-18-10-6-15(7-11-18)21-20(22(28)16-4-8-17(25)9-5-16)23(29)24(30)27(21)19-12-14(3)32-26-19/h4-13,21,28H,1-3H3/t21-/m0/s1. The Balaban J connectivity index is 1.87. The van der Waals surface area contributed by atoms with E-state index in [1.807, 2.05) is 13.8 Å². The van der Waals surface area contributed by atoms with Crippen LogP contribution in [0.3, 0.4) is 0 Å². The third kappa shape index (κ3) is 3.87. The molecule has 1 amide bonds. The van der Waals surface area contributed by atoms with E-state index in [9.17, 15) is 19.1 Å². The molecule has 1 N–H and O–H groups in total. The van der Waals surface area contributed by atoms with Gasteiger partial charge in [0.1, 0.15) is 23.1 Å². The number of ether oxygens (including phenoxy) is 1. The summed E-state index contributed by atoms with van der Waals surface area (Å²) >= 11 is 0. The predicted octanol–water partition coefficient (Wildman–Crippen LogP) is 4.54. The number of aliphatic hydroxyl groups is 1. The average molecular weight is 436 g/mol. The molecule has 0 spiro atoms. The Morgan fingerprint density at radius 1 is 1.12 bits per heavy atom. The topological polar surface area (TPSA) is 92.9 Å². The first-order valence-electron chi connectivity index (χ1n) is 10.0. The van der Waals surface area contributed by atoms with Crippen molar-refractivity contribution >= 4 is 23.3 Å². The molecule has 1 atom stereocenters. The van der Waals surface area contributed by atoms with Crippen LogP contribution in [0.4, 0.5) is 10.2 Å². The summed E-state index contributed by atoms with van der Waals surface area (Å²) in [7, 11) is 0. The quantitative estimate of drug-likeness (QED) is 0.359. The number of ketones is 1. The number of nitrogens with zero attached hydrogens (tertiary/aromatic N) is 2. The highest BCUT2D eigenvalue weighted by atomic mass is 19.1. The molecule has 2 heterocycles. The monoisotopic (exact) mass is 436 g/mol. The van der Waals surface area contributed by atoms with Crippen molar-refractivity contribution in [1.82, 2.24) is 5.16 Å². The predicted molar refractivity (Wildman–Crippen MR) is 115 cm³/mol. The lowest BCUT2D eigenvalue weighted by Gasteiger charge is -2.23. The number of amides is 1. The van der Waals surface area contributed by atoms with Gasteiger partial charge < -0.3 is 14.4 Å². The number of carbonyl (C=O) groups is 2. The van der Waals surface area contributed by atoms with Crippen LogP contribution >= 0.6 is 0 Å². The largest absolute Gasteiger partial charge is 0.507 e. The summed E-state index contributed by atoms with van der Waals surface area (Å²) in [6, 6.07) is 12.5. The minimum absolute atomic E-state index is 0.0249. The van der Waals surface area contributed by atoms with E-state index < -0.39 is 29.3 Å². The minimum Gasteiger partial charge on any atom is -0.507 e. The molecule has 1 aliphatic heterocycles. The molecule has 0 radical (unpaired) electrons. The van der Waals surface area contributed by atoms with Crippen molar-refractivity contribution in [2.24, 2.45) is 0 Å². The molecule has 2 aromatic carbocycles. The van der Waals surface area contributed by atoms with Crippen LogP contribution in [0.25, 0.3) is 5.76 Å². The molecule has 0 bridgehead atoms. The molecule has 1 aromatic heterocycles. The Labute approximate surface area is 183 Å². The third-order valence-electron chi connectivity index (χ3n) is 4.99. The number of aromatic nitrogens is 1. The van der Waals surface area contributed by atoms with Gasteiger partial charge in [-0.15, -0.1) is 0 Å². The van der Waals surface area contributed by atoms with Crippen molar-refractivity contribution < 1.29 is 28.3 Å². The Morgan fingerprint density at radius 2 is 1.78 bits per heavy atom. The SMILES string of the molecule is Cc1cc(N2C(=O)C(=O)C(=C(O)c3ccc(F)cc3)[C@@H]2c2ccc(OC(C)C)cc2)no1. The normalized spacial score (nSPS) is 17.9. The molecular weight excluding hydrogens is 415 g/mol. The lowest BCUT2D eigenvalue weighted by Crippen LogP contribution is -2.29. The van der Waals surface area contributed by atoms with Crippen molar-refractivity contribution in [2.45, 2.75) is 32.9 Å². The molecule has 8 heteroatoms. The van der Waals surface area contributed by atoms with E-state index in [-0.39, 0.29) is 23.1 Å². The van der Waals surface area contributed by atoms with E-state index in [1.165, 1.54) is 35.2 Å². The van der Waals surface area contributed by atoms with Gasteiger partial charge in [-0.05, 0) is 62.7 Å². The van der Waals surface area contributed by atoms with E-state index in [1.54, 1.807) is 31.2 Å². The van der Waals surface area contributed by atoms with E-state index >= 15 is 0 Å². The fourth-order valence-corrected chi connectivity index (χ4v) is 3.62. The molecule has 0 saturated carbocycles.